The lowest BCUT2D eigenvalue weighted by Gasteiger charge is -2.50. The molecule has 5 saturated heterocycles. The molecule has 0 bridgehead atoms. The molecule has 56 heavy (non-hydrogen) atoms. The van der Waals surface area contributed by atoms with Crippen LogP contribution in [0.15, 0.2) is 0 Å². The SMILES string of the molecule is OC[C@H]1O[C@H](OC[C@H]2O[C@H](O[C@H]3[C@H](O[C@H]4O[C@H](CO)[C@@H](O)[C@H](O)[C@@H]4O)[C@H](O)[C@@H](O[C@@H]4[C@H](O)[C@@H](O)O[C@H](CO)[C@H]4O)O[C@@H]3CO)[C@@H](O)[C@@H](O)[C@@H]2O)[C@@H](O)[C@@H](O)[C@@H]1O. The summed E-state index contributed by atoms with van der Waals surface area (Å²) in [5, 5.41) is 176. The molecule has 25 atom stereocenters. The Hall–Kier alpha value is -1.04. The first-order valence-electron chi connectivity index (χ1n) is 17.6. The van der Waals surface area contributed by atoms with Gasteiger partial charge in [-0.15, -0.1) is 0 Å². The molecule has 5 rings (SSSR count). The van der Waals surface area contributed by atoms with Crippen molar-refractivity contribution in [2.75, 3.05) is 33.0 Å². The number of rotatable bonds is 13. The molecule has 26 heteroatoms. The monoisotopic (exact) mass is 828 g/mol. The summed E-state index contributed by atoms with van der Waals surface area (Å²) in [5.41, 5.74) is 0. The van der Waals surface area contributed by atoms with Crippen molar-refractivity contribution in [2.45, 2.75) is 154 Å². The Morgan fingerprint density at radius 3 is 1.20 bits per heavy atom. The second kappa shape index (κ2) is 19.6. The third-order valence-electron chi connectivity index (χ3n) is 10.3. The van der Waals surface area contributed by atoms with Crippen molar-refractivity contribution in [3.8, 4) is 0 Å². The fourth-order valence-corrected chi connectivity index (χ4v) is 6.91. The van der Waals surface area contributed by atoms with Gasteiger partial charge in [-0.05, 0) is 0 Å². The van der Waals surface area contributed by atoms with Crippen LogP contribution in [0.3, 0.4) is 0 Å². The van der Waals surface area contributed by atoms with Gasteiger partial charge >= 0.3 is 0 Å². The highest BCUT2D eigenvalue weighted by molar-refractivity contribution is 4.99. The third-order valence-corrected chi connectivity index (χ3v) is 10.3. The molecule has 26 nitrogen and oxygen atoms in total. The summed E-state index contributed by atoms with van der Waals surface area (Å²) in [6.45, 7) is -4.40. The van der Waals surface area contributed by atoms with Crippen LogP contribution in [0.4, 0.5) is 0 Å². The molecule has 0 amide bonds. The topological polar surface area (TPSA) is 427 Å². The maximum absolute atomic E-state index is 11.6. The summed E-state index contributed by atoms with van der Waals surface area (Å²) in [6.07, 6.45) is -47.1. The quantitative estimate of drug-likeness (QED) is 0.0819. The van der Waals surface area contributed by atoms with E-state index in [-0.39, 0.29) is 0 Å². The second-order valence-electron chi connectivity index (χ2n) is 14.0. The van der Waals surface area contributed by atoms with E-state index < -0.39 is 187 Å². The highest BCUT2D eigenvalue weighted by Gasteiger charge is 2.56. The van der Waals surface area contributed by atoms with Gasteiger partial charge in [-0.1, -0.05) is 0 Å². The van der Waals surface area contributed by atoms with Gasteiger partial charge in [0.15, 0.2) is 31.5 Å². The zero-order valence-electron chi connectivity index (χ0n) is 29.2. The van der Waals surface area contributed by atoms with E-state index >= 15 is 0 Å². The maximum atomic E-state index is 11.6. The van der Waals surface area contributed by atoms with Crippen molar-refractivity contribution < 1.29 is 129 Å². The van der Waals surface area contributed by atoms with Crippen molar-refractivity contribution in [2.24, 2.45) is 0 Å². The molecule has 5 aliphatic rings. The van der Waals surface area contributed by atoms with Crippen LogP contribution in [-0.4, -0.2) is 273 Å². The number of hydrogen-bond acceptors (Lipinski definition) is 26. The number of aliphatic hydroxyl groups is 17. The molecule has 0 aromatic carbocycles. The molecule has 0 radical (unpaired) electrons. The largest absolute Gasteiger partial charge is 0.394 e. The summed E-state index contributed by atoms with van der Waals surface area (Å²) in [4.78, 5) is 0. The lowest BCUT2D eigenvalue weighted by Crippen LogP contribution is -2.68. The van der Waals surface area contributed by atoms with Gasteiger partial charge in [-0.2, -0.15) is 0 Å². The molecule has 0 aromatic heterocycles. The van der Waals surface area contributed by atoms with Gasteiger partial charge < -0.3 is 129 Å². The first kappa shape index (κ1) is 46.0. The minimum atomic E-state index is -2.20. The number of aliphatic hydroxyl groups excluding tert-OH is 17. The Kier molecular flexibility index (Phi) is 16.1. The zero-order valence-corrected chi connectivity index (χ0v) is 29.2. The van der Waals surface area contributed by atoms with Gasteiger partial charge in [-0.3, -0.25) is 0 Å². The second-order valence-corrected chi connectivity index (χ2v) is 14.0. The van der Waals surface area contributed by atoms with Crippen LogP contribution in [-0.2, 0) is 42.6 Å². The van der Waals surface area contributed by atoms with Crippen molar-refractivity contribution >= 4 is 0 Å². The van der Waals surface area contributed by atoms with E-state index in [0.717, 1.165) is 0 Å². The van der Waals surface area contributed by atoms with Gasteiger partial charge in [0, 0.05) is 0 Å². The van der Waals surface area contributed by atoms with E-state index in [4.69, 9.17) is 42.6 Å². The zero-order chi connectivity index (χ0) is 41.3. The van der Waals surface area contributed by atoms with Crippen molar-refractivity contribution in [3.63, 3.8) is 0 Å². The first-order valence-corrected chi connectivity index (χ1v) is 17.6. The smallest absolute Gasteiger partial charge is 0.187 e. The highest BCUT2D eigenvalue weighted by Crippen LogP contribution is 2.36. The molecule has 5 fully saturated rings. The van der Waals surface area contributed by atoms with Gasteiger partial charge in [0.2, 0.25) is 0 Å². The molecule has 17 N–H and O–H groups in total. The molecule has 5 aliphatic heterocycles. The van der Waals surface area contributed by atoms with Gasteiger partial charge in [0.25, 0.3) is 0 Å². The molecule has 0 saturated carbocycles. The summed E-state index contributed by atoms with van der Waals surface area (Å²) in [6, 6.07) is 0. The van der Waals surface area contributed by atoms with Crippen molar-refractivity contribution in [1.29, 1.82) is 0 Å². The lowest BCUT2D eigenvalue weighted by atomic mass is 9.95. The van der Waals surface area contributed by atoms with E-state index in [0.29, 0.717) is 0 Å². The van der Waals surface area contributed by atoms with Crippen molar-refractivity contribution in [3.05, 3.63) is 0 Å². The molecule has 328 valence electrons. The van der Waals surface area contributed by atoms with E-state index in [9.17, 15) is 86.8 Å². The molecule has 0 aliphatic carbocycles. The van der Waals surface area contributed by atoms with E-state index in [1.165, 1.54) is 0 Å². The summed E-state index contributed by atoms with van der Waals surface area (Å²) in [7, 11) is 0. The van der Waals surface area contributed by atoms with Gasteiger partial charge in [0.1, 0.15) is 122 Å². The molecule has 5 heterocycles. The predicted octanol–water partition coefficient (Wildman–Crippen LogP) is -11.9. The molecule has 0 aromatic rings. The molecular formula is C30H52O26. The van der Waals surface area contributed by atoms with E-state index in [2.05, 4.69) is 0 Å². The minimum Gasteiger partial charge on any atom is -0.394 e. The fourth-order valence-electron chi connectivity index (χ4n) is 6.91. The summed E-state index contributed by atoms with van der Waals surface area (Å²) in [5.74, 6) is 0. The number of ether oxygens (including phenoxy) is 9. The van der Waals surface area contributed by atoms with Crippen LogP contribution in [0.25, 0.3) is 0 Å². The Labute approximate surface area is 316 Å². The lowest BCUT2D eigenvalue weighted by molar-refractivity contribution is -0.400. The molecule has 0 spiro atoms. The van der Waals surface area contributed by atoms with Crippen LogP contribution in [0.1, 0.15) is 0 Å². The Morgan fingerprint density at radius 1 is 0.304 bits per heavy atom. The molecular weight excluding hydrogens is 776 g/mol. The van der Waals surface area contributed by atoms with E-state index in [1.54, 1.807) is 0 Å². The van der Waals surface area contributed by atoms with Crippen LogP contribution in [0.5, 0.6) is 0 Å². The first-order chi connectivity index (χ1) is 26.5. The minimum absolute atomic E-state index is 0.780. The highest BCUT2D eigenvalue weighted by atomic mass is 16.8. The average Bonchev–Trinajstić information content (AvgIpc) is 3.19. The van der Waals surface area contributed by atoms with Crippen molar-refractivity contribution in [1.82, 2.24) is 0 Å². The predicted molar refractivity (Wildman–Crippen MR) is 167 cm³/mol. The summed E-state index contributed by atoms with van der Waals surface area (Å²) < 4.78 is 49.6. The van der Waals surface area contributed by atoms with Gasteiger partial charge in [0.05, 0.1) is 33.0 Å². The number of hydrogen-bond donors (Lipinski definition) is 17. The standard InChI is InChI=1S/C30H52O26/c31-1-6-11(35)15(39)18(42)27(50-6)48-5-10-13(37)17(41)20(44)29(53-10)54-23-9(4-34)52-30(55-24-14(38)8(3-33)49-26(47)21(24)45)22(46)25(23)56-28-19(43)16(40)12(36)7(2-32)51-28/h6-47H,1-5H2/t6-,7-,8-,9-,10-,11-,12-,13-,14-,15+,16+,17+,18+,19+,20+,21+,22+,23-,24+,25-,26+,27+,28-,29-,30-/m1/s1. The Morgan fingerprint density at radius 2 is 0.679 bits per heavy atom. The van der Waals surface area contributed by atoms with E-state index in [1.807, 2.05) is 0 Å². The maximum Gasteiger partial charge on any atom is 0.187 e. The van der Waals surface area contributed by atoms with Crippen LogP contribution >= 0.6 is 0 Å². The van der Waals surface area contributed by atoms with Gasteiger partial charge in [-0.25, -0.2) is 0 Å². The fraction of sp³-hybridized carbons (Fsp3) is 1.00. The van der Waals surface area contributed by atoms with Crippen LogP contribution in [0.2, 0.25) is 0 Å². The van der Waals surface area contributed by atoms with Crippen LogP contribution in [0, 0.1) is 0 Å². The summed E-state index contributed by atoms with van der Waals surface area (Å²) >= 11 is 0. The average molecular weight is 829 g/mol. The Balaban J connectivity index is 1.39. The molecule has 0 unspecified atom stereocenters. The van der Waals surface area contributed by atoms with Crippen LogP contribution < -0.4 is 0 Å². The normalized spacial score (nSPS) is 53.2. The third kappa shape index (κ3) is 9.31. The Bertz CT molecular complexity index is 1200.